The summed E-state index contributed by atoms with van der Waals surface area (Å²) in [5.74, 6) is -0.137. The zero-order chi connectivity index (χ0) is 31.9. The molecule has 1 amide bonds. The number of piperazine rings is 1. The number of phenols is 1. The molecule has 13 heteroatoms. The highest BCUT2D eigenvalue weighted by atomic mass is 19.4. The Morgan fingerprint density at radius 1 is 0.956 bits per heavy atom. The zero-order valence-electron chi connectivity index (χ0n) is 24.4. The van der Waals surface area contributed by atoms with E-state index in [4.69, 9.17) is 5.73 Å². The molecule has 0 saturated carbocycles. The molecule has 230 valence electrons. The number of halogens is 3. The van der Waals surface area contributed by atoms with Gasteiger partial charge in [0.2, 0.25) is 11.9 Å². The number of aryl methyl sites for hydroxylation is 1. The number of anilines is 3. The Bertz CT molecular complexity index is 1910. The Hall–Kier alpha value is -5.30. The maximum Gasteiger partial charge on any atom is 0.416 e. The van der Waals surface area contributed by atoms with Crippen LogP contribution in [0.4, 0.5) is 30.8 Å². The van der Waals surface area contributed by atoms with Crippen molar-refractivity contribution in [3.05, 3.63) is 83.8 Å². The summed E-state index contributed by atoms with van der Waals surface area (Å²) >= 11 is 0. The molecule has 0 atom stereocenters. The number of benzene rings is 3. The van der Waals surface area contributed by atoms with Crippen molar-refractivity contribution in [2.24, 2.45) is 0 Å². The lowest BCUT2D eigenvalue weighted by atomic mass is 9.92. The van der Waals surface area contributed by atoms with Gasteiger partial charge in [0.25, 0.3) is 5.91 Å². The van der Waals surface area contributed by atoms with Crippen molar-refractivity contribution in [3.8, 4) is 28.0 Å². The highest BCUT2D eigenvalue weighted by Gasteiger charge is 2.30. The van der Waals surface area contributed by atoms with Gasteiger partial charge in [0.15, 0.2) is 0 Å². The molecule has 0 spiro atoms. The van der Waals surface area contributed by atoms with Gasteiger partial charge in [0.05, 0.1) is 16.6 Å². The second-order valence-electron chi connectivity index (χ2n) is 10.9. The Labute approximate surface area is 256 Å². The molecule has 1 aliphatic rings. The first-order chi connectivity index (χ1) is 21.5. The number of fused-ring (bicyclic) bond motifs is 1. The van der Waals surface area contributed by atoms with E-state index in [-0.39, 0.29) is 22.9 Å². The number of carbonyl (C=O) groups excluding carboxylic acids is 1. The molecule has 1 saturated heterocycles. The van der Waals surface area contributed by atoms with Crippen LogP contribution in [0.2, 0.25) is 0 Å². The molecule has 0 aliphatic carbocycles. The topological polar surface area (TPSA) is 133 Å². The van der Waals surface area contributed by atoms with Crippen LogP contribution in [-0.4, -0.2) is 69.1 Å². The minimum atomic E-state index is -4.55. The summed E-state index contributed by atoms with van der Waals surface area (Å²) in [5.41, 5.74) is 8.14. The van der Waals surface area contributed by atoms with Gasteiger partial charge in [-0.1, -0.05) is 12.1 Å². The Kier molecular flexibility index (Phi) is 7.71. The van der Waals surface area contributed by atoms with E-state index in [2.05, 4.69) is 42.1 Å². The molecule has 3 aromatic carbocycles. The molecule has 6 rings (SSSR count). The summed E-state index contributed by atoms with van der Waals surface area (Å²) < 4.78 is 39.6. The van der Waals surface area contributed by atoms with Gasteiger partial charge >= 0.3 is 6.18 Å². The van der Waals surface area contributed by atoms with Gasteiger partial charge in [-0.15, -0.1) is 0 Å². The van der Waals surface area contributed by atoms with Crippen molar-refractivity contribution in [3.63, 3.8) is 0 Å². The first-order valence-corrected chi connectivity index (χ1v) is 14.1. The minimum absolute atomic E-state index is 0.00236. The number of nitrogens with one attached hydrogen (secondary N) is 1. The highest BCUT2D eigenvalue weighted by molar-refractivity contribution is 6.06. The number of phenolic OH excluding ortho intramolecular Hbond substituents is 1. The lowest BCUT2D eigenvalue weighted by molar-refractivity contribution is -0.137. The fourth-order valence-corrected chi connectivity index (χ4v) is 5.31. The van der Waals surface area contributed by atoms with E-state index in [0.717, 1.165) is 43.9 Å². The third kappa shape index (κ3) is 6.07. The first kappa shape index (κ1) is 29.8. The van der Waals surface area contributed by atoms with Crippen LogP contribution in [0, 0.1) is 6.92 Å². The summed E-state index contributed by atoms with van der Waals surface area (Å²) in [6, 6.07) is 11.0. The number of amides is 1. The number of rotatable bonds is 5. The molecule has 1 aliphatic heterocycles. The molecule has 4 N–H and O–H groups in total. The molecule has 2 aromatic heterocycles. The molecule has 5 aromatic rings. The Morgan fingerprint density at radius 3 is 2.40 bits per heavy atom. The van der Waals surface area contributed by atoms with E-state index >= 15 is 0 Å². The van der Waals surface area contributed by atoms with Crippen molar-refractivity contribution in [1.82, 2.24) is 24.8 Å². The van der Waals surface area contributed by atoms with Crippen LogP contribution >= 0.6 is 0 Å². The molecule has 0 unspecified atom stereocenters. The maximum atomic E-state index is 13.2. The molecule has 0 radical (unpaired) electrons. The van der Waals surface area contributed by atoms with E-state index < -0.39 is 17.6 Å². The summed E-state index contributed by atoms with van der Waals surface area (Å²) in [6.45, 7) is 5.19. The molecule has 0 bridgehead atoms. The van der Waals surface area contributed by atoms with Crippen molar-refractivity contribution in [1.29, 1.82) is 0 Å². The number of alkyl halides is 3. The molecule has 10 nitrogen and oxygen atoms in total. The average Bonchev–Trinajstić information content (AvgIpc) is 3.01. The summed E-state index contributed by atoms with van der Waals surface area (Å²) in [5, 5.41) is 14.9. The predicted octanol–water partition coefficient (Wildman–Crippen LogP) is 5.37. The van der Waals surface area contributed by atoms with E-state index in [0.29, 0.717) is 39.1 Å². The van der Waals surface area contributed by atoms with Crippen molar-refractivity contribution < 1.29 is 23.1 Å². The van der Waals surface area contributed by atoms with Crippen LogP contribution in [0.25, 0.3) is 33.2 Å². The maximum absolute atomic E-state index is 13.2. The van der Waals surface area contributed by atoms with Gasteiger partial charge in [-0.25, -0.2) is 19.9 Å². The number of hydrogen-bond acceptors (Lipinski definition) is 9. The van der Waals surface area contributed by atoms with Crippen LogP contribution in [0.1, 0.15) is 21.5 Å². The number of nitrogen functional groups attached to an aromatic ring is 1. The second kappa shape index (κ2) is 11.7. The molecule has 3 heterocycles. The van der Waals surface area contributed by atoms with Crippen molar-refractivity contribution >= 4 is 34.4 Å². The molecular weight excluding hydrogens is 585 g/mol. The average molecular weight is 615 g/mol. The van der Waals surface area contributed by atoms with Crippen LogP contribution < -0.4 is 16.0 Å². The van der Waals surface area contributed by atoms with E-state index in [1.54, 1.807) is 42.9 Å². The standard InChI is InChI=1S/C32H29F3N8O2/c1-18-6-7-19(29(45)40-23-5-3-4-22(14-23)32(33,34)35)12-24(18)25-13-20-15-37-30(36)41-27(20)26(28(25)44)21-16-38-31(39-17-21)43-10-8-42(2)9-11-43/h3-7,12-17,44H,8-11H2,1-2H3,(H,40,45)(H2,36,37,41). The minimum Gasteiger partial charge on any atom is -0.507 e. The first-order valence-electron chi connectivity index (χ1n) is 14.1. The van der Waals surface area contributed by atoms with Crippen molar-refractivity contribution in [2.45, 2.75) is 13.1 Å². The fraction of sp³-hybridized carbons (Fsp3) is 0.219. The smallest absolute Gasteiger partial charge is 0.416 e. The van der Waals surface area contributed by atoms with E-state index in [1.807, 2.05) is 6.92 Å². The number of aromatic hydroxyl groups is 1. The quantitative estimate of drug-likeness (QED) is 0.239. The number of nitrogens with zero attached hydrogens (tertiary/aromatic N) is 6. The summed E-state index contributed by atoms with van der Waals surface area (Å²) in [7, 11) is 2.07. The van der Waals surface area contributed by atoms with Gasteiger partial charge in [0, 0.05) is 72.5 Å². The Balaban J connectivity index is 1.39. The molecule has 1 fully saturated rings. The highest BCUT2D eigenvalue weighted by Crippen LogP contribution is 2.44. The lowest BCUT2D eigenvalue weighted by Crippen LogP contribution is -2.45. The monoisotopic (exact) mass is 614 g/mol. The number of hydrogen-bond donors (Lipinski definition) is 3. The summed E-state index contributed by atoms with van der Waals surface area (Å²) in [4.78, 5) is 35.2. The number of carbonyl (C=O) groups is 1. The number of nitrogens with two attached hydrogens (primary N) is 1. The fourth-order valence-electron chi connectivity index (χ4n) is 5.31. The van der Waals surface area contributed by atoms with Crippen LogP contribution in [0.5, 0.6) is 5.75 Å². The third-order valence-electron chi connectivity index (χ3n) is 7.81. The molecule has 45 heavy (non-hydrogen) atoms. The Morgan fingerprint density at radius 2 is 1.69 bits per heavy atom. The number of likely N-dealkylation sites (N-methyl/N-ethyl adjacent to an activating group) is 1. The van der Waals surface area contributed by atoms with Crippen LogP contribution in [0.15, 0.2) is 67.1 Å². The van der Waals surface area contributed by atoms with Gasteiger partial charge < -0.3 is 26.0 Å². The van der Waals surface area contributed by atoms with Crippen LogP contribution in [-0.2, 0) is 6.18 Å². The normalized spacial score (nSPS) is 14.1. The third-order valence-corrected chi connectivity index (χ3v) is 7.81. The summed E-state index contributed by atoms with van der Waals surface area (Å²) in [6.07, 6.45) is 0.253. The van der Waals surface area contributed by atoms with Gasteiger partial charge in [-0.2, -0.15) is 13.2 Å². The van der Waals surface area contributed by atoms with Crippen LogP contribution in [0.3, 0.4) is 0 Å². The lowest BCUT2D eigenvalue weighted by Gasteiger charge is -2.32. The second-order valence-corrected chi connectivity index (χ2v) is 10.9. The largest absolute Gasteiger partial charge is 0.507 e. The number of aromatic nitrogens is 4. The SMILES string of the molecule is Cc1ccc(C(=O)Nc2cccc(C(F)(F)F)c2)cc1-c1cc2cnc(N)nc2c(-c2cnc(N3CCN(C)CC3)nc2)c1O. The van der Waals surface area contributed by atoms with Crippen molar-refractivity contribution in [2.75, 3.05) is 49.2 Å². The zero-order valence-corrected chi connectivity index (χ0v) is 24.4. The predicted molar refractivity (Wildman–Crippen MR) is 166 cm³/mol. The van der Waals surface area contributed by atoms with E-state index in [1.165, 1.54) is 12.1 Å². The van der Waals surface area contributed by atoms with Gasteiger partial charge in [0.1, 0.15) is 5.75 Å². The van der Waals surface area contributed by atoms with Gasteiger partial charge in [-0.05, 0) is 61.5 Å². The molecular formula is C32H29F3N8O2. The van der Waals surface area contributed by atoms with Gasteiger partial charge in [-0.3, -0.25) is 4.79 Å². The van der Waals surface area contributed by atoms with E-state index in [9.17, 15) is 23.1 Å².